The smallest absolute Gasteiger partial charge is 0.0671 e. The summed E-state index contributed by atoms with van der Waals surface area (Å²) in [6, 6.07) is 6.66. The molecule has 1 rings (SSSR count). The fourth-order valence-electron chi connectivity index (χ4n) is 1.93. The van der Waals surface area contributed by atoms with Crippen LogP contribution in [0.1, 0.15) is 30.5 Å². The molecule has 2 heteroatoms. The van der Waals surface area contributed by atoms with Crippen LogP contribution < -0.4 is 5.32 Å². The predicted molar refractivity (Wildman–Crippen MR) is 68.7 cm³/mol. The highest BCUT2D eigenvalue weighted by Crippen LogP contribution is 2.08. The third-order valence-corrected chi connectivity index (χ3v) is 2.49. The first-order valence-corrected chi connectivity index (χ1v) is 6.01. The SMILES string of the molecule is CCOC(C)CNCc1cc(C)cc(C)c1. The molecule has 0 aliphatic rings. The molecule has 1 aromatic carbocycles. The summed E-state index contributed by atoms with van der Waals surface area (Å²) in [5, 5.41) is 3.42. The van der Waals surface area contributed by atoms with Crippen molar-refractivity contribution in [1.29, 1.82) is 0 Å². The molecule has 0 radical (unpaired) electrons. The molecular formula is C14H23NO. The number of ether oxygens (including phenoxy) is 1. The van der Waals surface area contributed by atoms with Crippen molar-refractivity contribution in [3.05, 3.63) is 34.9 Å². The molecule has 0 saturated carbocycles. The molecule has 0 bridgehead atoms. The summed E-state index contributed by atoms with van der Waals surface area (Å²) in [7, 11) is 0. The van der Waals surface area contributed by atoms with E-state index in [0.29, 0.717) is 0 Å². The summed E-state index contributed by atoms with van der Waals surface area (Å²) in [6.07, 6.45) is 0.288. The van der Waals surface area contributed by atoms with Crippen molar-refractivity contribution in [2.75, 3.05) is 13.2 Å². The molecule has 0 aromatic heterocycles. The topological polar surface area (TPSA) is 21.3 Å². The van der Waals surface area contributed by atoms with Gasteiger partial charge in [-0.1, -0.05) is 29.3 Å². The first-order chi connectivity index (χ1) is 7.61. The molecule has 0 saturated heterocycles. The van der Waals surface area contributed by atoms with E-state index in [9.17, 15) is 0 Å². The quantitative estimate of drug-likeness (QED) is 0.797. The van der Waals surface area contributed by atoms with Gasteiger partial charge in [0.15, 0.2) is 0 Å². The third kappa shape index (κ3) is 4.77. The Morgan fingerprint density at radius 1 is 1.19 bits per heavy atom. The molecule has 2 nitrogen and oxygen atoms in total. The maximum absolute atomic E-state index is 5.46. The van der Waals surface area contributed by atoms with Gasteiger partial charge in [-0.3, -0.25) is 0 Å². The van der Waals surface area contributed by atoms with Gasteiger partial charge in [0.05, 0.1) is 6.10 Å². The Morgan fingerprint density at radius 2 is 1.81 bits per heavy atom. The van der Waals surface area contributed by atoms with Crippen molar-refractivity contribution in [2.45, 2.75) is 40.3 Å². The molecular weight excluding hydrogens is 198 g/mol. The van der Waals surface area contributed by atoms with Crippen LogP contribution in [-0.2, 0) is 11.3 Å². The molecule has 16 heavy (non-hydrogen) atoms. The van der Waals surface area contributed by atoms with Gasteiger partial charge in [0.1, 0.15) is 0 Å². The summed E-state index contributed by atoms with van der Waals surface area (Å²) in [5.41, 5.74) is 4.01. The molecule has 0 heterocycles. The van der Waals surface area contributed by atoms with Gasteiger partial charge in [0.2, 0.25) is 0 Å². The monoisotopic (exact) mass is 221 g/mol. The molecule has 1 atom stereocenters. The summed E-state index contributed by atoms with van der Waals surface area (Å²) in [4.78, 5) is 0. The van der Waals surface area contributed by atoms with E-state index < -0.39 is 0 Å². The second-order valence-electron chi connectivity index (χ2n) is 4.39. The van der Waals surface area contributed by atoms with E-state index in [-0.39, 0.29) is 6.10 Å². The van der Waals surface area contributed by atoms with Gasteiger partial charge in [-0.15, -0.1) is 0 Å². The van der Waals surface area contributed by atoms with Crippen molar-refractivity contribution >= 4 is 0 Å². The van der Waals surface area contributed by atoms with E-state index in [1.54, 1.807) is 0 Å². The summed E-state index contributed by atoms with van der Waals surface area (Å²) in [5.74, 6) is 0. The van der Waals surface area contributed by atoms with Crippen LogP contribution in [0.5, 0.6) is 0 Å². The van der Waals surface area contributed by atoms with Gasteiger partial charge in [-0.05, 0) is 33.3 Å². The molecule has 0 fully saturated rings. The lowest BCUT2D eigenvalue weighted by atomic mass is 10.1. The van der Waals surface area contributed by atoms with Gasteiger partial charge in [-0.2, -0.15) is 0 Å². The number of rotatable bonds is 6. The van der Waals surface area contributed by atoms with Crippen molar-refractivity contribution in [3.63, 3.8) is 0 Å². The largest absolute Gasteiger partial charge is 0.377 e. The fraction of sp³-hybridized carbons (Fsp3) is 0.571. The van der Waals surface area contributed by atoms with Gasteiger partial charge in [-0.25, -0.2) is 0 Å². The summed E-state index contributed by atoms with van der Waals surface area (Å²) < 4.78 is 5.46. The number of hydrogen-bond donors (Lipinski definition) is 1. The zero-order valence-corrected chi connectivity index (χ0v) is 10.8. The Labute approximate surface area is 99.0 Å². The van der Waals surface area contributed by atoms with E-state index >= 15 is 0 Å². The van der Waals surface area contributed by atoms with Crippen molar-refractivity contribution in [1.82, 2.24) is 5.32 Å². The van der Waals surface area contributed by atoms with Crippen LogP contribution in [0.4, 0.5) is 0 Å². The Kier molecular flexibility index (Phi) is 5.50. The number of hydrogen-bond acceptors (Lipinski definition) is 2. The molecule has 1 unspecified atom stereocenters. The van der Waals surface area contributed by atoms with E-state index in [1.165, 1.54) is 16.7 Å². The molecule has 0 spiro atoms. The van der Waals surface area contributed by atoms with E-state index in [4.69, 9.17) is 4.74 Å². The van der Waals surface area contributed by atoms with Gasteiger partial charge < -0.3 is 10.1 Å². The lowest BCUT2D eigenvalue weighted by Gasteiger charge is -2.13. The van der Waals surface area contributed by atoms with Crippen molar-refractivity contribution in [2.24, 2.45) is 0 Å². The average Bonchev–Trinajstić information content (AvgIpc) is 2.16. The lowest BCUT2D eigenvalue weighted by molar-refractivity contribution is 0.0759. The maximum atomic E-state index is 5.46. The summed E-state index contributed by atoms with van der Waals surface area (Å²) in [6.45, 7) is 11.0. The Hall–Kier alpha value is -0.860. The number of nitrogens with one attached hydrogen (secondary N) is 1. The highest BCUT2D eigenvalue weighted by Gasteiger charge is 2.00. The fourth-order valence-corrected chi connectivity index (χ4v) is 1.93. The lowest BCUT2D eigenvalue weighted by Crippen LogP contribution is -2.26. The number of benzene rings is 1. The average molecular weight is 221 g/mol. The van der Waals surface area contributed by atoms with Crippen LogP contribution >= 0.6 is 0 Å². The second-order valence-corrected chi connectivity index (χ2v) is 4.39. The highest BCUT2D eigenvalue weighted by molar-refractivity contribution is 5.28. The van der Waals surface area contributed by atoms with Crippen LogP contribution in [0.2, 0.25) is 0 Å². The van der Waals surface area contributed by atoms with Crippen molar-refractivity contribution < 1.29 is 4.74 Å². The molecule has 1 N–H and O–H groups in total. The van der Waals surface area contributed by atoms with Crippen LogP contribution in [0, 0.1) is 13.8 Å². The Bertz CT molecular complexity index is 302. The standard InChI is InChI=1S/C14H23NO/c1-5-16-13(4)9-15-10-14-7-11(2)6-12(3)8-14/h6-8,13,15H,5,9-10H2,1-4H3. The molecule has 90 valence electrons. The molecule has 1 aromatic rings. The van der Waals surface area contributed by atoms with E-state index in [2.05, 4.69) is 44.3 Å². The molecule has 0 aliphatic heterocycles. The minimum atomic E-state index is 0.288. The zero-order chi connectivity index (χ0) is 12.0. The molecule has 0 aliphatic carbocycles. The van der Waals surface area contributed by atoms with E-state index in [1.807, 2.05) is 6.92 Å². The minimum Gasteiger partial charge on any atom is -0.377 e. The van der Waals surface area contributed by atoms with Gasteiger partial charge in [0.25, 0.3) is 0 Å². The number of aryl methyl sites for hydroxylation is 2. The highest BCUT2D eigenvalue weighted by atomic mass is 16.5. The minimum absolute atomic E-state index is 0.288. The second kappa shape index (κ2) is 6.66. The van der Waals surface area contributed by atoms with E-state index in [0.717, 1.165) is 19.7 Å². The van der Waals surface area contributed by atoms with Gasteiger partial charge >= 0.3 is 0 Å². The summed E-state index contributed by atoms with van der Waals surface area (Å²) >= 11 is 0. The van der Waals surface area contributed by atoms with Crippen LogP contribution in [0.3, 0.4) is 0 Å². The first-order valence-electron chi connectivity index (χ1n) is 6.01. The Balaban J connectivity index is 2.37. The maximum Gasteiger partial charge on any atom is 0.0671 e. The third-order valence-electron chi connectivity index (χ3n) is 2.49. The predicted octanol–water partition coefficient (Wildman–Crippen LogP) is 2.82. The first kappa shape index (κ1) is 13.2. The Morgan fingerprint density at radius 3 is 2.38 bits per heavy atom. The molecule has 0 amide bonds. The van der Waals surface area contributed by atoms with Crippen LogP contribution in [0.15, 0.2) is 18.2 Å². The van der Waals surface area contributed by atoms with Gasteiger partial charge in [0, 0.05) is 19.7 Å². The van der Waals surface area contributed by atoms with Crippen LogP contribution in [-0.4, -0.2) is 19.3 Å². The zero-order valence-electron chi connectivity index (χ0n) is 10.8. The van der Waals surface area contributed by atoms with Crippen LogP contribution in [0.25, 0.3) is 0 Å². The van der Waals surface area contributed by atoms with Crippen molar-refractivity contribution in [3.8, 4) is 0 Å². The normalized spacial score (nSPS) is 12.8.